The van der Waals surface area contributed by atoms with Crippen LogP contribution in [0, 0.1) is 0 Å². The Hall–Kier alpha value is -1.43. The molecule has 0 spiro atoms. The maximum Gasteiger partial charge on any atom is 0.290 e. The Morgan fingerprint density at radius 2 is 2.31 bits per heavy atom. The largest absolute Gasteiger partial charge is 0.385 e. The van der Waals surface area contributed by atoms with E-state index in [0.29, 0.717) is 6.54 Å². The summed E-state index contributed by atoms with van der Waals surface area (Å²) >= 11 is 0. The summed E-state index contributed by atoms with van der Waals surface area (Å²) in [5, 5.41) is 9.29. The van der Waals surface area contributed by atoms with Gasteiger partial charge in [-0.25, -0.2) is 4.98 Å². The van der Waals surface area contributed by atoms with Gasteiger partial charge in [-0.15, -0.1) is 5.10 Å². The van der Waals surface area contributed by atoms with E-state index in [9.17, 15) is 4.79 Å². The van der Waals surface area contributed by atoms with Gasteiger partial charge in [-0.1, -0.05) is 6.92 Å². The lowest BCUT2D eigenvalue weighted by molar-refractivity contribution is 0.0941. The Kier molecular flexibility index (Phi) is 5.49. The van der Waals surface area contributed by atoms with Crippen molar-refractivity contribution in [2.24, 2.45) is 0 Å². The van der Waals surface area contributed by atoms with Gasteiger partial charge in [0.2, 0.25) is 5.82 Å². The zero-order valence-electron chi connectivity index (χ0n) is 9.75. The Morgan fingerprint density at radius 3 is 2.94 bits per heavy atom. The normalized spacial score (nSPS) is 10.4. The van der Waals surface area contributed by atoms with Crippen molar-refractivity contribution in [2.45, 2.75) is 26.2 Å². The number of nitrogens with zero attached hydrogens (tertiary/aromatic N) is 2. The third kappa shape index (κ3) is 3.98. The third-order valence-electron chi connectivity index (χ3n) is 2.13. The lowest BCUT2D eigenvalue weighted by Gasteiger charge is -2.01. The van der Waals surface area contributed by atoms with Gasteiger partial charge < -0.3 is 10.1 Å². The van der Waals surface area contributed by atoms with E-state index in [1.165, 1.54) is 0 Å². The number of carbonyl (C=O) groups excluding carboxylic acids is 1. The summed E-state index contributed by atoms with van der Waals surface area (Å²) in [5.74, 6) is 0.710. The van der Waals surface area contributed by atoms with Crippen LogP contribution in [0.1, 0.15) is 36.2 Å². The molecule has 0 fully saturated rings. The van der Waals surface area contributed by atoms with E-state index in [0.717, 1.165) is 31.7 Å². The molecule has 0 aliphatic heterocycles. The van der Waals surface area contributed by atoms with Gasteiger partial charge in [0, 0.05) is 26.7 Å². The number of aromatic amines is 1. The van der Waals surface area contributed by atoms with Crippen molar-refractivity contribution in [1.29, 1.82) is 0 Å². The SMILES string of the molecule is CCc1nc(C(=O)NCCCCOC)n[nH]1. The summed E-state index contributed by atoms with van der Waals surface area (Å²) < 4.78 is 4.91. The van der Waals surface area contributed by atoms with E-state index in [1.54, 1.807) is 7.11 Å². The number of unbranched alkanes of at least 4 members (excludes halogenated alkanes) is 1. The van der Waals surface area contributed by atoms with Gasteiger partial charge in [0.05, 0.1) is 0 Å². The maximum absolute atomic E-state index is 11.5. The highest BCUT2D eigenvalue weighted by molar-refractivity contribution is 5.90. The second kappa shape index (κ2) is 6.95. The summed E-state index contributed by atoms with van der Waals surface area (Å²) in [6.45, 7) is 3.29. The minimum absolute atomic E-state index is 0.212. The van der Waals surface area contributed by atoms with E-state index in [4.69, 9.17) is 4.74 Å². The smallest absolute Gasteiger partial charge is 0.290 e. The monoisotopic (exact) mass is 226 g/mol. The van der Waals surface area contributed by atoms with Gasteiger partial charge in [0.1, 0.15) is 5.82 Å². The molecule has 2 N–H and O–H groups in total. The molecule has 0 unspecified atom stereocenters. The zero-order chi connectivity index (χ0) is 11.8. The van der Waals surface area contributed by atoms with Crippen LogP contribution in [0.2, 0.25) is 0 Å². The number of hydrogen-bond acceptors (Lipinski definition) is 4. The quantitative estimate of drug-likeness (QED) is 0.664. The minimum Gasteiger partial charge on any atom is -0.385 e. The second-order valence-electron chi connectivity index (χ2n) is 3.42. The van der Waals surface area contributed by atoms with Crippen molar-refractivity contribution in [3.63, 3.8) is 0 Å². The number of ether oxygens (including phenoxy) is 1. The first-order valence-corrected chi connectivity index (χ1v) is 5.46. The molecule has 1 aromatic rings. The molecular weight excluding hydrogens is 208 g/mol. The molecule has 0 radical (unpaired) electrons. The first kappa shape index (κ1) is 12.6. The van der Waals surface area contributed by atoms with Crippen molar-refractivity contribution < 1.29 is 9.53 Å². The fraction of sp³-hybridized carbons (Fsp3) is 0.700. The number of aryl methyl sites for hydroxylation is 1. The average molecular weight is 226 g/mol. The van der Waals surface area contributed by atoms with Crippen LogP contribution in [0.5, 0.6) is 0 Å². The molecule has 1 aromatic heterocycles. The molecule has 6 nitrogen and oxygen atoms in total. The predicted molar refractivity (Wildman–Crippen MR) is 59.2 cm³/mol. The average Bonchev–Trinajstić information content (AvgIpc) is 2.77. The molecule has 0 bridgehead atoms. The zero-order valence-corrected chi connectivity index (χ0v) is 9.75. The topological polar surface area (TPSA) is 79.9 Å². The van der Waals surface area contributed by atoms with E-state index in [2.05, 4.69) is 20.5 Å². The molecule has 0 aliphatic carbocycles. The molecular formula is C10H18N4O2. The van der Waals surface area contributed by atoms with E-state index in [-0.39, 0.29) is 11.7 Å². The fourth-order valence-corrected chi connectivity index (χ4v) is 1.21. The highest BCUT2D eigenvalue weighted by Gasteiger charge is 2.10. The van der Waals surface area contributed by atoms with E-state index >= 15 is 0 Å². The lowest BCUT2D eigenvalue weighted by atomic mass is 10.3. The number of H-pyrrole nitrogens is 1. The number of nitrogens with one attached hydrogen (secondary N) is 2. The van der Waals surface area contributed by atoms with Crippen LogP contribution in [0.4, 0.5) is 0 Å². The van der Waals surface area contributed by atoms with Crippen LogP contribution in [0.3, 0.4) is 0 Å². The van der Waals surface area contributed by atoms with Gasteiger partial charge in [-0.05, 0) is 12.8 Å². The molecule has 90 valence electrons. The Balaban J connectivity index is 2.24. The third-order valence-corrected chi connectivity index (χ3v) is 2.13. The van der Waals surface area contributed by atoms with Crippen LogP contribution in [0.15, 0.2) is 0 Å². The van der Waals surface area contributed by atoms with Gasteiger partial charge in [0.15, 0.2) is 0 Å². The van der Waals surface area contributed by atoms with Crippen molar-refractivity contribution in [3.8, 4) is 0 Å². The summed E-state index contributed by atoms with van der Waals surface area (Å²) in [5.41, 5.74) is 0. The highest BCUT2D eigenvalue weighted by Crippen LogP contribution is 1.94. The summed E-state index contributed by atoms with van der Waals surface area (Å²) in [6.07, 6.45) is 2.57. The molecule has 1 amide bonds. The van der Waals surface area contributed by atoms with E-state index < -0.39 is 0 Å². The van der Waals surface area contributed by atoms with Gasteiger partial charge in [-0.2, -0.15) is 0 Å². The number of rotatable bonds is 7. The predicted octanol–water partition coefficient (Wildman–Crippen LogP) is 0.523. The molecule has 0 saturated carbocycles. The Labute approximate surface area is 94.8 Å². The van der Waals surface area contributed by atoms with Crippen LogP contribution < -0.4 is 5.32 Å². The molecule has 1 rings (SSSR count). The lowest BCUT2D eigenvalue weighted by Crippen LogP contribution is -2.25. The van der Waals surface area contributed by atoms with Crippen molar-refractivity contribution in [1.82, 2.24) is 20.5 Å². The molecule has 6 heteroatoms. The maximum atomic E-state index is 11.5. The number of carbonyl (C=O) groups is 1. The van der Waals surface area contributed by atoms with E-state index in [1.807, 2.05) is 6.92 Å². The van der Waals surface area contributed by atoms with Crippen LogP contribution in [-0.2, 0) is 11.2 Å². The number of methoxy groups -OCH3 is 1. The standard InChI is InChI=1S/C10H18N4O2/c1-3-8-12-9(14-13-8)10(15)11-6-4-5-7-16-2/h3-7H2,1-2H3,(H,11,15)(H,12,13,14). The molecule has 1 heterocycles. The van der Waals surface area contributed by atoms with Crippen LogP contribution in [0.25, 0.3) is 0 Å². The first-order chi connectivity index (χ1) is 7.77. The summed E-state index contributed by atoms with van der Waals surface area (Å²) in [6, 6.07) is 0. The molecule has 0 atom stereocenters. The fourth-order valence-electron chi connectivity index (χ4n) is 1.21. The minimum atomic E-state index is -0.228. The summed E-state index contributed by atoms with van der Waals surface area (Å²) in [7, 11) is 1.67. The number of aromatic nitrogens is 3. The van der Waals surface area contributed by atoms with Gasteiger partial charge in [-0.3, -0.25) is 9.89 Å². The Morgan fingerprint density at radius 1 is 1.50 bits per heavy atom. The molecule has 0 aromatic carbocycles. The summed E-state index contributed by atoms with van der Waals surface area (Å²) in [4.78, 5) is 15.6. The van der Waals surface area contributed by atoms with Crippen molar-refractivity contribution in [2.75, 3.05) is 20.3 Å². The van der Waals surface area contributed by atoms with Crippen LogP contribution in [-0.4, -0.2) is 41.3 Å². The van der Waals surface area contributed by atoms with Crippen LogP contribution >= 0.6 is 0 Å². The van der Waals surface area contributed by atoms with Crippen molar-refractivity contribution in [3.05, 3.63) is 11.6 Å². The Bertz CT molecular complexity index is 324. The van der Waals surface area contributed by atoms with Gasteiger partial charge in [0.25, 0.3) is 5.91 Å². The van der Waals surface area contributed by atoms with Crippen molar-refractivity contribution >= 4 is 5.91 Å². The molecule has 16 heavy (non-hydrogen) atoms. The number of hydrogen-bond donors (Lipinski definition) is 2. The second-order valence-corrected chi connectivity index (χ2v) is 3.42. The van der Waals surface area contributed by atoms with Gasteiger partial charge >= 0.3 is 0 Å². The molecule has 0 aliphatic rings. The molecule has 0 saturated heterocycles. The first-order valence-electron chi connectivity index (χ1n) is 5.46. The highest BCUT2D eigenvalue weighted by atomic mass is 16.5. The number of amides is 1.